The molecular weight excluding hydrogens is 248 g/mol. The third-order valence-electron chi connectivity index (χ3n) is 2.30. The van der Waals surface area contributed by atoms with Crippen LogP contribution in [0, 0.1) is 0 Å². The molecule has 1 rings (SSSR count). The maximum atomic E-state index is 11.4. The molecule has 104 valence electrons. The van der Waals surface area contributed by atoms with Crippen LogP contribution in [0.15, 0.2) is 30.4 Å². The Kier molecular flexibility index (Phi) is 5.73. The molecule has 0 heterocycles. The van der Waals surface area contributed by atoms with E-state index in [9.17, 15) is 4.79 Å². The van der Waals surface area contributed by atoms with E-state index >= 15 is 0 Å². The molecule has 1 aromatic rings. The molecule has 0 unspecified atom stereocenters. The number of carbonyl (C=O) groups is 1. The van der Waals surface area contributed by atoms with Gasteiger partial charge in [0.05, 0.1) is 26.4 Å². The maximum Gasteiger partial charge on any atom is 0.336 e. The summed E-state index contributed by atoms with van der Waals surface area (Å²) in [6.45, 7) is 5.71. The molecule has 0 saturated heterocycles. The lowest BCUT2D eigenvalue weighted by Crippen LogP contribution is -2.13. The summed E-state index contributed by atoms with van der Waals surface area (Å²) >= 11 is 0. The SMILES string of the molecule is C=C(COc1cc(OC)cc(OC)c1)C(=O)OCC. The Balaban J connectivity index is 2.66. The van der Waals surface area contributed by atoms with E-state index in [0.717, 1.165) is 0 Å². The van der Waals surface area contributed by atoms with Gasteiger partial charge in [-0.2, -0.15) is 0 Å². The average Bonchev–Trinajstić information content (AvgIpc) is 2.44. The molecule has 5 heteroatoms. The summed E-state index contributed by atoms with van der Waals surface area (Å²) in [6, 6.07) is 5.12. The third kappa shape index (κ3) is 4.54. The van der Waals surface area contributed by atoms with E-state index in [1.165, 1.54) is 0 Å². The molecule has 0 radical (unpaired) electrons. The topological polar surface area (TPSA) is 54.0 Å². The molecular formula is C14H18O5. The Labute approximate surface area is 112 Å². The Hall–Kier alpha value is -2.17. The number of esters is 1. The zero-order valence-corrected chi connectivity index (χ0v) is 11.4. The Morgan fingerprint density at radius 3 is 2.11 bits per heavy atom. The van der Waals surface area contributed by atoms with E-state index in [1.807, 2.05) is 0 Å². The van der Waals surface area contributed by atoms with Crippen LogP contribution in [0.25, 0.3) is 0 Å². The first-order valence-corrected chi connectivity index (χ1v) is 5.81. The second-order valence-electron chi connectivity index (χ2n) is 3.66. The predicted octanol–water partition coefficient (Wildman–Crippen LogP) is 2.20. The van der Waals surface area contributed by atoms with Crippen molar-refractivity contribution < 1.29 is 23.7 Å². The number of carbonyl (C=O) groups excluding carboxylic acids is 1. The van der Waals surface area contributed by atoms with Gasteiger partial charge in [-0.25, -0.2) is 4.79 Å². The minimum atomic E-state index is -0.461. The highest BCUT2D eigenvalue weighted by molar-refractivity contribution is 5.88. The number of ether oxygens (including phenoxy) is 4. The molecule has 0 atom stereocenters. The maximum absolute atomic E-state index is 11.4. The van der Waals surface area contributed by atoms with Gasteiger partial charge in [0, 0.05) is 18.2 Å². The van der Waals surface area contributed by atoms with Crippen LogP contribution in [-0.2, 0) is 9.53 Å². The highest BCUT2D eigenvalue weighted by Crippen LogP contribution is 2.27. The van der Waals surface area contributed by atoms with E-state index < -0.39 is 5.97 Å². The molecule has 0 spiro atoms. The average molecular weight is 266 g/mol. The van der Waals surface area contributed by atoms with Crippen LogP contribution in [0.5, 0.6) is 17.2 Å². The molecule has 0 amide bonds. The molecule has 0 bridgehead atoms. The van der Waals surface area contributed by atoms with Gasteiger partial charge in [0.1, 0.15) is 23.9 Å². The summed E-state index contributed by atoms with van der Waals surface area (Å²) in [5.41, 5.74) is 0.253. The summed E-state index contributed by atoms with van der Waals surface area (Å²) in [7, 11) is 3.10. The summed E-state index contributed by atoms with van der Waals surface area (Å²) in [5, 5.41) is 0. The van der Waals surface area contributed by atoms with E-state index in [4.69, 9.17) is 18.9 Å². The molecule has 0 aromatic heterocycles. The lowest BCUT2D eigenvalue weighted by molar-refractivity contribution is -0.138. The van der Waals surface area contributed by atoms with Crippen LogP contribution in [0.1, 0.15) is 6.92 Å². The molecule has 1 aromatic carbocycles. The van der Waals surface area contributed by atoms with Crippen LogP contribution in [0.3, 0.4) is 0 Å². The van der Waals surface area contributed by atoms with Gasteiger partial charge in [0.25, 0.3) is 0 Å². The van der Waals surface area contributed by atoms with Gasteiger partial charge in [-0.1, -0.05) is 6.58 Å². The number of hydrogen-bond acceptors (Lipinski definition) is 5. The Morgan fingerprint density at radius 1 is 1.11 bits per heavy atom. The predicted molar refractivity (Wildman–Crippen MR) is 70.8 cm³/mol. The van der Waals surface area contributed by atoms with Gasteiger partial charge < -0.3 is 18.9 Å². The largest absolute Gasteiger partial charge is 0.496 e. The Morgan fingerprint density at radius 2 is 1.63 bits per heavy atom. The summed E-state index contributed by atoms with van der Waals surface area (Å²) < 4.78 is 20.5. The van der Waals surface area contributed by atoms with Crippen LogP contribution in [0.2, 0.25) is 0 Å². The molecule has 0 N–H and O–H groups in total. The number of methoxy groups -OCH3 is 2. The number of rotatable bonds is 7. The summed E-state index contributed by atoms with van der Waals surface area (Å²) in [4.78, 5) is 11.4. The van der Waals surface area contributed by atoms with Gasteiger partial charge in [0.2, 0.25) is 0 Å². The monoisotopic (exact) mass is 266 g/mol. The minimum absolute atomic E-state index is 0.0507. The fourth-order valence-corrected chi connectivity index (χ4v) is 1.33. The van der Waals surface area contributed by atoms with Crippen molar-refractivity contribution in [3.63, 3.8) is 0 Å². The third-order valence-corrected chi connectivity index (χ3v) is 2.30. The smallest absolute Gasteiger partial charge is 0.336 e. The summed E-state index contributed by atoms with van der Waals surface area (Å²) in [5.74, 6) is 1.28. The van der Waals surface area contributed by atoms with Crippen molar-refractivity contribution in [1.29, 1.82) is 0 Å². The highest BCUT2D eigenvalue weighted by atomic mass is 16.5. The van der Waals surface area contributed by atoms with Gasteiger partial charge in [-0.15, -0.1) is 0 Å². The van der Waals surface area contributed by atoms with Crippen molar-refractivity contribution in [2.24, 2.45) is 0 Å². The zero-order valence-electron chi connectivity index (χ0n) is 11.4. The quantitative estimate of drug-likeness (QED) is 0.559. The molecule has 0 fully saturated rings. The fourth-order valence-electron chi connectivity index (χ4n) is 1.33. The second-order valence-corrected chi connectivity index (χ2v) is 3.66. The Bertz CT molecular complexity index is 431. The van der Waals surface area contributed by atoms with Gasteiger partial charge >= 0.3 is 5.97 Å². The summed E-state index contributed by atoms with van der Waals surface area (Å²) in [6.07, 6.45) is 0. The van der Waals surface area contributed by atoms with E-state index in [1.54, 1.807) is 39.3 Å². The first kappa shape index (κ1) is 14.9. The van der Waals surface area contributed by atoms with Crippen molar-refractivity contribution in [1.82, 2.24) is 0 Å². The van der Waals surface area contributed by atoms with Crippen LogP contribution >= 0.6 is 0 Å². The van der Waals surface area contributed by atoms with Crippen molar-refractivity contribution >= 4 is 5.97 Å². The first-order valence-electron chi connectivity index (χ1n) is 5.81. The van der Waals surface area contributed by atoms with Crippen molar-refractivity contribution in [2.75, 3.05) is 27.4 Å². The number of benzene rings is 1. The van der Waals surface area contributed by atoms with Crippen molar-refractivity contribution in [2.45, 2.75) is 6.92 Å². The molecule has 0 aliphatic carbocycles. The van der Waals surface area contributed by atoms with E-state index in [2.05, 4.69) is 6.58 Å². The minimum Gasteiger partial charge on any atom is -0.496 e. The molecule has 0 saturated carbocycles. The molecule has 0 aliphatic heterocycles. The molecule has 0 aliphatic rings. The standard InChI is InChI=1S/C14H18O5/c1-5-18-14(15)10(2)9-19-13-7-11(16-3)6-12(8-13)17-4/h6-8H,2,5,9H2,1,3-4H3. The zero-order chi connectivity index (χ0) is 14.3. The van der Waals surface area contributed by atoms with Gasteiger partial charge in [0.15, 0.2) is 0 Å². The van der Waals surface area contributed by atoms with Crippen LogP contribution < -0.4 is 14.2 Å². The number of hydrogen-bond donors (Lipinski definition) is 0. The first-order chi connectivity index (χ1) is 9.10. The van der Waals surface area contributed by atoms with Crippen LogP contribution in [0.4, 0.5) is 0 Å². The van der Waals surface area contributed by atoms with Gasteiger partial charge in [-0.3, -0.25) is 0 Å². The second kappa shape index (κ2) is 7.31. The fraction of sp³-hybridized carbons (Fsp3) is 0.357. The molecule has 19 heavy (non-hydrogen) atoms. The lowest BCUT2D eigenvalue weighted by atomic mass is 10.3. The van der Waals surface area contributed by atoms with E-state index in [0.29, 0.717) is 23.9 Å². The molecule has 5 nitrogen and oxygen atoms in total. The van der Waals surface area contributed by atoms with Crippen LogP contribution in [-0.4, -0.2) is 33.4 Å². The highest BCUT2D eigenvalue weighted by Gasteiger charge is 2.09. The van der Waals surface area contributed by atoms with E-state index in [-0.39, 0.29) is 12.2 Å². The van der Waals surface area contributed by atoms with Gasteiger partial charge in [-0.05, 0) is 6.92 Å². The van der Waals surface area contributed by atoms with Crippen molar-refractivity contribution in [3.05, 3.63) is 30.4 Å². The normalized spacial score (nSPS) is 9.63. The van der Waals surface area contributed by atoms with Crippen molar-refractivity contribution in [3.8, 4) is 17.2 Å². The lowest BCUT2D eigenvalue weighted by Gasteiger charge is -2.11.